The number of hydrogen-bond donors (Lipinski definition) is 1. The van der Waals surface area contributed by atoms with E-state index >= 15 is 0 Å². The van der Waals surface area contributed by atoms with E-state index in [1.807, 2.05) is 11.3 Å². The van der Waals surface area contributed by atoms with E-state index in [1.165, 1.54) is 69.1 Å². The Morgan fingerprint density at radius 2 is 1.86 bits per heavy atom. The first-order valence-corrected chi connectivity index (χ1v) is 9.34. The van der Waals surface area contributed by atoms with Gasteiger partial charge in [-0.3, -0.25) is 4.90 Å². The highest BCUT2D eigenvalue weighted by Crippen LogP contribution is 2.30. The molecule has 3 aliphatic rings. The van der Waals surface area contributed by atoms with Crippen LogP contribution in [0.4, 0.5) is 0 Å². The predicted molar refractivity (Wildman–Crippen MR) is 86.4 cm³/mol. The molecule has 2 saturated carbocycles. The molecule has 1 N–H and O–H groups in total. The highest BCUT2D eigenvalue weighted by molar-refractivity contribution is 7.09. The molecule has 0 aromatic carbocycles. The van der Waals surface area contributed by atoms with Crippen molar-refractivity contribution >= 4 is 11.3 Å². The van der Waals surface area contributed by atoms with Gasteiger partial charge in [0.25, 0.3) is 0 Å². The van der Waals surface area contributed by atoms with Crippen molar-refractivity contribution in [2.24, 2.45) is 5.92 Å². The molecule has 2 aliphatic carbocycles. The summed E-state index contributed by atoms with van der Waals surface area (Å²) >= 11 is 1.81. The number of nitrogens with one attached hydrogen (secondary N) is 1. The fourth-order valence-electron chi connectivity index (χ4n) is 3.05. The van der Waals surface area contributed by atoms with Crippen molar-refractivity contribution < 1.29 is 0 Å². The molecule has 0 spiro atoms. The molecule has 5 heteroatoms. The standard InChI is InChI=1S/C16H26N4S/c1-2-13(1)10-19-5-7-20(8-6-19)11-15-12-21-16(18-15)9-17-14-3-4-14/h12-14,17H,1-11H2. The molecule has 116 valence electrons. The lowest BCUT2D eigenvalue weighted by Gasteiger charge is -2.34. The highest BCUT2D eigenvalue weighted by Gasteiger charge is 2.26. The molecular formula is C16H26N4S. The smallest absolute Gasteiger partial charge is 0.107 e. The summed E-state index contributed by atoms with van der Waals surface area (Å²) in [5.41, 5.74) is 1.27. The van der Waals surface area contributed by atoms with Gasteiger partial charge in [0.1, 0.15) is 5.01 Å². The summed E-state index contributed by atoms with van der Waals surface area (Å²) in [6, 6.07) is 0.775. The first kappa shape index (κ1) is 14.1. The maximum atomic E-state index is 4.78. The van der Waals surface area contributed by atoms with Crippen LogP contribution in [0.2, 0.25) is 0 Å². The largest absolute Gasteiger partial charge is 0.308 e. The van der Waals surface area contributed by atoms with Crippen LogP contribution < -0.4 is 5.32 Å². The van der Waals surface area contributed by atoms with Crippen molar-refractivity contribution in [3.63, 3.8) is 0 Å². The third kappa shape index (κ3) is 4.25. The number of piperazine rings is 1. The van der Waals surface area contributed by atoms with E-state index in [0.717, 1.165) is 25.0 Å². The Morgan fingerprint density at radius 3 is 2.57 bits per heavy atom. The zero-order valence-corrected chi connectivity index (χ0v) is 13.6. The molecule has 3 fully saturated rings. The number of aromatic nitrogens is 1. The van der Waals surface area contributed by atoms with Gasteiger partial charge in [-0.2, -0.15) is 0 Å². The summed E-state index contributed by atoms with van der Waals surface area (Å²) in [7, 11) is 0. The minimum absolute atomic E-state index is 0.775. The lowest BCUT2D eigenvalue weighted by molar-refractivity contribution is 0.122. The average molecular weight is 306 g/mol. The van der Waals surface area contributed by atoms with Gasteiger partial charge >= 0.3 is 0 Å². The minimum atomic E-state index is 0.775. The first-order chi connectivity index (χ1) is 10.3. The normalized spacial score (nSPS) is 24.6. The topological polar surface area (TPSA) is 31.4 Å². The molecule has 2 heterocycles. The first-order valence-electron chi connectivity index (χ1n) is 8.46. The lowest BCUT2D eigenvalue weighted by atomic mass is 10.2. The van der Waals surface area contributed by atoms with E-state index in [1.54, 1.807) is 0 Å². The molecule has 1 aliphatic heterocycles. The van der Waals surface area contributed by atoms with E-state index < -0.39 is 0 Å². The maximum absolute atomic E-state index is 4.78. The minimum Gasteiger partial charge on any atom is -0.308 e. The van der Waals surface area contributed by atoms with Gasteiger partial charge in [0.05, 0.1) is 5.69 Å². The molecule has 1 aromatic heterocycles. The van der Waals surface area contributed by atoms with Gasteiger partial charge in [-0.15, -0.1) is 11.3 Å². The quantitative estimate of drug-likeness (QED) is 0.834. The van der Waals surface area contributed by atoms with Gasteiger partial charge in [-0.1, -0.05) is 0 Å². The molecule has 1 saturated heterocycles. The highest BCUT2D eigenvalue weighted by atomic mass is 32.1. The van der Waals surface area contributed by atoms with E-state index in [0.29, 0.717) is 0 Å². The van der Waals surface area contributed by atoms with E-state index in [-0.39, 0.29) is 0 Å². The van der Waals surface area contributed by atoms with Crippen molar-refractivity contribution in [3.8, 4) is 0 Å². The lowest BCUT2D eigenvalue weighted by Crippen LogP contribution is -2.46. The summed E-state index contributed by atoms with van der Waals surface area (Å²) in [5.74, 6) is 1.02. The van der Waals surface area contributed by atoms with Crippen LogP contribution in [0.5, 0.6) is 0 Å². The summed E-state index contributed by atoms with van der Waals surface area (Å²) in [4.78, 5) is 10.0. The van der Waals surface area contributed by atoms with Gasteiger partial charge in [0.2, 0.25) is 0 Å². The summed E-state index contributed by atoms with van der Waals surface area (Å²) in [6.45, 7) is 8.26. The van der Waals surface area contributed by atoms with Gasteiger partial charge < -0.3 is 10.2 Å². The molecule has 1 aromatic rings. The molecule has 4 rings (SSSR count). The van der Waals surface area contributed by atoms with Gasteiger partial charge in [0, 0.05) is 57.2 Å². The number of rotatable bonds is 7. The average Bonchev–Trinajstić information content (AvgIpc) is 3.41. The Balaban J connectivity index is 1.20. The predicted octanol–water partition coefficient (Wildman–Crippen LogP) is 1.92. The van der Waals surface area contributed by atoms with Crippen LogP contribution in [-0.2, 0) is 13.1 Å². The van der Waals surface area contributed by atoms with Crippen LogP contribution in [0, 0.1) is 5.92 Å². The molecule has 0 amide bonds. The Labute approximate surface area is 131 Å². The Bertz CT molecular complexity index is 459. The Kier molecular flexibility index (Phi) is 4.25. The summed E-state index contributed by atoms with van der Waals surface area (Å²) in [5, 5.41) is 7.05. The number of nitrogens with zero attached hydrogens (tertiary/aromatic N) is 3. The maximum Gasteiger partial charge on any atom is 0.107 e. The van der Waals surface area contributed by atoms with Crippen LogP contribution in [0.25, 0.3) is 0 Å². The van der Waals surface area contributed by atoms with Crippen LogP contribution in [0.1, 0.15) is 36.4 Å². The van der Waals surface area contributed by atoms with Gasteiger partial charge in [-0.25, -0.2) is 4.98 Å². The van der Waals surface area contributed by atoms with Crippen molar-refractivity contribution in [2.45, 2.75) is 44.8 Å². The molecule has 0 radical (unpaired) electrons. The third-order valence-corrected chi connectivity index (χ3v) is 5.68. The Hall–Kier alpha value is -0.490. The van der Waals surface area contributed by atoms with Gasteiger partial charge in [0.15, 0.2) is 0 Å². The summed E-state index contributed by atoms with van der Waals surface area (Å²) in [6.07, 6.45) is 5.64. The second-order valence-electron chi connectivity index (χ2n) is 6.91. The SMILES string of the molecule is c1sc(CNC2CC2)nc1CN1CCN(CC2CC2)CC1. The molecule has 21 heavy (non-hydrogen) atoms. The fourth-order valence-corrected chi connectivity index (χ4v) is 3.78. The van der Waals surface area contributed by atoms with E-state index in [2.05, 4.69) is 20.5 Å². The zero-order valence-electron chi connectivity index (χ0n) is 12.8. The monoisotopic (exact) mass is 306 g/mol. The van der Waals surface area contributed by atoms with E-state index in [9.17, 15) is 0 Å². The summed E-state index contributed by atoms with van der Waals surface area (Å²) < 4.78 is 0. The van der Waals surface area contributed by atoms with E-state index in [4.69, 9.17) is 4.98 Å². The van der Waals surface area contributed by atoms with Crippen molar-refractivity contribution in [1.82, 2.24) is 20.1 Å². The fraction of sp³-hybridized carbons (Fsp3) is 0.812. The van der Waals surface area contributed by atoms with Crippen molar-refractivity contribution in [1.29, 1.82) is 0 Å². The second-order valence-corrected chi connectivity index (χ2v) is 7.85. The second kappa shape index (κ2) is 6.32. The molecule has 0 bridgehead atoms. The Morgan fingerprint density at radius 1 is 1.10 bits per heavy atom. The molecule has 0 unspecified atom stereocenters. The zero-order chi connectivity index (χ0) is 14.1. The molecular weight excluding hydrogens is 280 g/mol. The third-order valence-electron chi connectivity index (χ3n) is 4.78. The van der Waals surface area contributed by atoms with Crippen molar-refractivity contribution in [2.75, 3.05) is 32.7 Å². The van der Waals surface area contributed by atoms with Crippen LogP contribution >= 0.6 is 11.3 Å². The van der Waals surface area contributed by atoms with Crippen LogP contribution in [0.15, 0.2) is 5.38 Å². The van der Waals surface area contributed by atoms with Gasteiger partial charge in [-0.05, 0) is 31.6 Å². The van der Waals surface area contributed by atoms with Crippen LogP contribution in [0.3, 0.4) is 0 Å². The number of hydrogen-bond acceptors (Lipinski definition) is 5. The number of thiazole rings is 1. The molecule has 0 atom stereocenters. The van der Waals surface area contributed by atoms with Crippen molar-refractivity contribution in [3.05, 3.63) is 16.1 Å². The van der Waals surface area contributed by atoms with Crippen LogP contribution in [-0.4, -0.2) is 53.5 Å². The molecule has 4 nitrogen and oxygen atoms in total.